The van der Waals surface area contributed by atoms with Crippen molar-refractivity contribution in [2.75, 3.05) is 11.9 Å². The Morgan fingerprint density at radius 3 is 2.76 bits per heavy atom. The fourth-order valence-corrected chi connectivity index (χ4v) is 2.92. The number of imidazole rings is 1. The van der Waals surface area contributed by atoms with E-state index < -0.39 is 0 Å². The van der Waals surface area contributed by atoms with Crippen LogP contribution in [0.1, 0.15) is 50.6 Å². The van der Waals surface area contributed by atoms with Crippen LogP contribution in [-0.2, 0) is 7.05 Å². The van der Waals surface area contributed by atoms with Gasteiger partial charge < -0.3 is 9.88 Å². The van der Waals surface area contributed by atoms with Gasteiger partial charge in [-0.3, -0.25) is 0 Å². The summed E-state index contributed by atoms with van der Waals surface area (Å²) in [5, 5.41) is 3.39. The summed E-state index contributed by atoms with van der Waals surface area (Å²) in [5.74, 6) is 3.06. The van der Waals surface area contributed by atoms with Crippen molar-refractivity contribution in [3.8, 4) is 11.6 Å². The normalized spacial score (nSPS) is 15.5. The Hall–Kier alpha value is -1.91. The van der Waals surface area contributed by atoms with Gasteiger partial charge in [-0.25, -0.2) is 15.0 Å². The summed E-state index contributed by atoms with van der Waals surface area (Å²) in [6, 6.07) is 2.12. The lowest BCUT2D eigenvalue weighted by Crippen LogP contribution is -2.08. The molecule has 2 heterocycles. The van der Waals surface area contributed by atoms with E-state index in [2.05, 4.69) is 28.3 Å². The SMILES string of the molecule is CCCNc1cc(C2CCCC2)nc(-c2nccn2C)n1. The van der Waals surface area contributed by atoms with Gasteiger partial charge in [-0.05, 0) is 19.3 Å². The van der Waals surface area contributed by atoms with E-state index in [9.17, 15) is 0 Å². The lowest BCUT2D eigenvalue weighted by atomic mass is 10.0. The van der Waals surface area contributed by atoms with Gasteiger partial charge in [0.2, 0.25) is 0 Å². The van der Waals surface area contributed by atoms with Crippen LogP contribution >= 0.6 is 0 Å². The van der Waals surface area contributed by atoms with E-state index in [4.69, 9.17) is 4.98 Å². The molecule has 112 valence electrons. The van der Waals surface area contributed by atoms with Gasteiger partial charge in [-0.1, -0.05) is 19.8 Å². The molecular weight excluding hydrogens is 262 g/mol. The average molecular weight is 285 g/mol. The van der Waals surface area contributed by atoms with E-state index >= 15 is 0 Å². The second-order valence-electron chi connectivity index (χ2n) is 5.77. The van der Waals surface area contributed by atoms with Crippen LogP contribution in [0, 0.1) is 0 Å². The predicted molar refractivity (Wildman–Crippen MR) is 84.2 cm³/mol. The number of nitrogens with one attached hydrogen (secondary N) is 1. The third-order valence-corrected chi connectivity index (χ3v) is 4.10. The summed E-state index contributed by atoms with van der Waals surface area (Å²) in [6.07, 6.45) is 9.91. The maximum Gasteiger partial charge on any atom is 0.198 e. The molecule has 0 bridgehead atoms. The lowest BCUT2D eigenvalue weighted by molar-refractivity contribution is 0.694. The molecule has 2 aromatic heterocycles. The molecule has 0 unspecified atom stereocenters. The van der Waals surface area contributed by atoms with E-state index in [0.717, 1.165) is 30.4 Å². The van der Waals surface area contributed by atoms with Gasteiger partial charge in [0, 0.05) is 43.7 Å². The first-order valence-electron chi connectivity index (χ1n) is 7.88. The lowest BCUT2D eigenvalue weighted by Gasteiger charge is -2.13. The van der Waals surface area contributed by atoms with Gasteiger partial charge in [-0.15, -0.1) is 0 Å². The molecule has 0 saturated heterocycles. The second kappa shape index (κ2) is 6.24. The Labute approximate surface area is 125 Å². The summed E-state index contributed by atoms with van der Waals surface area (Å²) in [5.41, 5.74) is 1.17. The highest BCUT2D eigenvalue weighted by atomic mass is 15.1. The van der Waals surface area contributed by atoms with Crippen molar-refractivity contribution in [3.05, 3.63) is 24.2 Å². The zero-order valence-electron chi connectivity index (χ0n) is 12.8. The molecule has 1 N–H and O–H groups in total. The molecule has 0 amide bonds. The molecule has 1 fully saturated rings. The maximum absolute atomic E-state index is 4.79. The number of aromatic nitrogens is 4. The number of anilines is 1. The van der Waals surface area contributed by atoms with E-state index in [1.165, 1.54) is 31.4 Å². The summed E-state index contributed by atoms with van der Waals surface area (Å²) in [6.45, 7) is 3.09. The third kappa shape index (κ3) is 3.06. The van der Waals surface area contributed by atoms with Crippen molar-refractivity contribution in [2.24, 2.45) is 7.05 Å². The third-order valence-electron chi connectivity index (χ3n) is 4.10. The minimum atomic E-state index is 0.578. The van der Waals surface area contributed by atoms with Crippen LogP contribution in [0.2, 0.25) is 0 Å². The quantitative estimate of drug-likeness (QED) is 0.915. The van der Waals surface area contributed by atoms with Crippen LogP contribution in [0.15, 0.2) is 18.5 Å². The number of aryl methyl sites for hydroxylation is 1. The van der Waals surface area contributed by atoms with Crippen LogP contribution in [0.4, 0.5) is 5.82 Å². The van der Waals surface area contributed by atoms with Gasteiger partial charge in [0.05, 0.1) is 0 Å². The van der Waals surface area contributed by atoms with E-state index in [0.29, 0.717) is 5.92 Å². The molecule has 1 saturated carbocycles. The van der Waals surface area contributed by atoms with Gasteiger partial charge in [0.25, 0.3) is 0 Å². The molecule has 0 radical (unpaired) electrons. The van der Waals surface area contributed by atoms with Gasteiger partial charge in [0.1, 0.15) is 5.82 Å². The first-order chi connectivity index (χ1) is 10.3. The fourth-order valence-electron chi connectivity index (χ4n) is 2.92. The summed E-state index contributed by atoms with van der Waals surface area (Å²) < 4.78 is 1.97. The zero-order valence-corrected chi connectivity index (χ0v) is 12.8. The predicted octanol–water partition coefficient (Wildman–Crippen LogP) is 3.36. The molecule has 21 heavy (non-hydrogen) atoms. The van der Waals surface area contributed by atoms with Crippen LogP contribution in [0.3, 0.4) is 0 Å². The standard InChI is InChI=1S/C16H23N5/c1-3-8-17-14-11-13(12-6-4-5-7-12)19-15(20-14)16-18-9-10-21(16)2/h9-12H,3-8H2,1-2H3,(H,17,19,20). The van der Waals surface area contributed by atoms with Crippen molar-refractivity contribution >= 4 is 5.82 Å². The van der Waals surface area contributed by atoms with Crippen molar-refractivity contribution in [1.29, 1.82) is 0 Å². The van der Waals surface area contributed by atoms with E-state index in [1.54, 1.807) is 6.20 Å². The average Bonchev–Trinajstić information content (AvgIpc) is 3.16. The molecule has 3 rings (SSSR count). The van der Waals surface area contributed by atoms with Crippen LogP contribution < -0.4 is 5.32 Å². The largest absolute Gasteiger partial charge is 0.370 e. The van der Waals surface area contributed by atoms with Crippen molar-refractivity contribution in [2.45, 2.75) is 44.9 Å². The highest BCUT2D eigenvalue weighted by molar-refractivity contribution is 5.50. The molecule has 0 spiro atoms. The molecule has 0 atom stereocenters. The molecule has 0 aromatic carbocycles. The summed E-state index contributed by atoms with van der Waals surface area (Å²) in [7, 11) is 1.98. The molecular formula is C16H23N5. The van der Waals surface area contributed by atoms with E-state index in [1.807, 2.05) is 17.8 Å². The smallest absolute Gasteiger partial charge is 0.198 e. The van der Waals surface area contributed by atoms with E-state index in [-0.39, 0.29) is 0 Å². The Bertz CT molecular complexity index is 598. The number of hydrogen-bond donors (Lipinski definition) is 1. The first-order valence-corrected chi connectivity index (χ1v) is 7.88. The zero-order chi connectivity index (χ0) is 14.7. The van der Waals surface area contributed by atoms with Crippen molar-refractivity contribution < 1.29 is 0 Å². The van der Waals surface area contributed by atoms with Gasteiger partial charge >= 0.3 is 0 Å². The van der Waals surface area contributed by atoms with Crippen molar-refractivity contribution in [1.82, 2.24) is 19.5 Å². The summed E-state index contributed by atoms with van der Waals surface area (Å²) >= 11 is 0. The minimum Gasteiger partial charge on any atom is -0.370 e. The maximum atomic E-state index is 4.79. The highest BCUT2D eigenvalue weighted by Crippen LogP contribution is 2.34. The van der Waals surface area contributed by atoms with Gasteiger partial charge in [-0.2, -0.15) is 0 Å². The Kier molecular flexibility index (Phi) is 4.18. The minimum absolute atomic E-state index is 0.578. The number of rotatable bonds is 5. The molecule has 0 aliphatic heterocycles. The highest BCUT2D eigenvalue weighted by Gasteiger charge is 2.21. The summed E-state index contributed by atoms with van der Waals surface area (Å²) in [4.78, 5) is 13.8. The van der Waals surface area contributed by atoms with Crippen molar-refractivity contribution in [3.63, 3.8) is 0 Å². The molecule has 1 aliphatic carbocycles. The van der Waals surface area contributed by atoms with Gasteiger partial charge in [0.15, 0.2) is 11.6 Å². The monoisotopic (exact) mass is 285 g/mol. The Morgan fingerprint density at radius 1 is 1.29 bits per heavy atom. The Balaban J connectivity index is 1.98. The van der Waals surface area contributed by atoms with Crippen LogP contribution in [-0.4, -0.2) is 26.1 Å². The fraction of sp³-hybridized carbons (Fsp3) is 0.562. The first kappa shape index (κ1) is 14.0. The Morgan fingerprint density at radius 2 is 2.10 bits per heavy atom. The second-order valence-corrected chi connectivity index (χ2v) is 5.77. The van der Waals surface area contributed by atoms with Crippen LogP contribution in [0.5, 0.6) is 0 Å². The van der Waals surface area contributed by atoms with Crippen LogP contribution in [0.25, 0.3) is 11.6 Å². The molecule has 5 nitrogen and oxygen atoms in total. The number of nitrogens with zero attached hydrogens (tertiary/aromatic N) is 4. The molecule has 2 aromatic rings. The molecule has 5 heteroatoms. The topological polar surface area (TPSA) is 55.6 Å². The number of hydrogen-bond acceptors (Lipinski definition) is 4. The molecule has 1 aliphatic rings.